The fraction of sp³-hybridized carbons (Fsp3) is 0.658. The lowest BCUT2D eigenvalue weighted by atomic mass is 9.88. The van der Waals surface area contributed by atoms with Gasteiger partial charge in [0, 0.05) is 55.4 Å². The lowest BCUT2D eigenvalue weighted by molar-refractivity contribution is -0.151. The van der Waals surface area contributed by atoms with Gasteiger partial charge in [0.2, 0.25) is 0 Å². The quantitative estimate of drug-likeness (QED) is 0.159. The zero-order valence-electron chi connectivity index (χ0n) is 29.1. The van der Waals surface area contributed by atoms with Gasteiger partial charge in [0.25, 0.3) is 0 Å². The van der Waals surface area contributed by atoms with Gasteiger partial charge >= 0.3 is 12.1 Å². The molecule has 47 heavy (non-hydrogen) atoms. The molecule has 2 fully saturated rings. The second-order valence-electron chi connectivity index (χ2n) is 14.2. The number of allylic oxidation sites excluding steroid dienone is 3. The maximum absolute atomic E-state index is 13.5. The Kier molecular flexibility index (Phi) is 13.6. The van der Waals surface area contributed by atoms with Gasteiger partial charge in [-0.3, -0.25) is 14.7 Å². The van der Waals surface area contributed by atoms with Crippen molar-refractivity contribution >= 4 is 12.1 Å². The minimum atomic E-state index is -1.45. The molecule has 0 aromatic carbocycles. The first-order valence-corrected chi connectivity index (χ1v) is 17.7. The monoisotopic (exact) mass is 651 g/mol. The molecule has 1 amide bonds. The van der Waals surface area contributed by atoms with Crippen LogP contribution in [0, 0.1) is 5.92 Å². The standard InChI is InChI=1S/C38H57N3O6/c1-27(33-17-10-11-22-39-33)13-12-14-28(2)36-29(3)18-19-34(38(5,45)21-20-32(42)25-35(43)47-36)46-37(44)40-23-24-41(30(4)26-40)31-15-8-6-7-9-16-31/h10-14,17-19,22,27,29-32,34,36,42,45H,6-9,15-16,20-21,23-26H2,1-5H3/b13-12+,19-18+,28-14+/t27-,29-,30?,32-,34+,36+,38-/m0/s1. The van der Waals surface area contributed by atoms with Gasteiger partial charge in [0.05, 0.1) is 12.5 Å². The SMILES string of the molecule is C/C(=C\C=C\[C@H](C)c1ccccn1)[C@H]1OC(=O)C[C@@H](O)CC[C@](C)(O)[C@H](OC(=O)N2CCN(C3CCCCCC3)C(C)C2)/C=C/[C@@H]1C. The van der Waals surface area contributed by atoms with Crippen molar-refractivity contribution in [3.8, 4) is 0 Å². The number of esters is 1. The fourth-order valence-corrected chi connectivity index (χ4v) is 7.12. The van der Waals surface area contributed by atoms with Gasteiger partial charge in [-0.05, 0) is 70.2 Å². The summed E-state index contributed by atoms with van der Waals surface area (Å²) in [5.74, 6) is -0.692. The summed E-state index contributed by atoms with van der Waals surface area (Å²) in [6, 6.07) is 6.64. The first kappa shape index (κ1) is 36.8. The van der Waals surface area contributed by atoms with Crippen molar-refractivity contribution < 1.29 is 29.3 Å². The van der Waals surface area contributed by atoms with Gasteiger partial charge in [0.15, 0.2) is 6.10 Å². The van der Waals surface area contributed by atoms with Gasteiger partial charge in [0.1, 0.15) is 11.7 Å². The molecule has 9 nitrogen and oxygen atoms in total. The van der Waals surface area contributed by atoms with E-state index in [0.717, 1.165) is 17.8 Å². The largest absolute Gasteiger partial charge is 0.457 e. The van der Waals surface area contributed by atoms with Gasteiger partial charge in [-0.2, -0.15) is 0 Å². The Morgan fingerprint density at radius 1 is 1.13 bits per heavy atom. The van der Waals surface area contributed by atoms with Crippen molar-refractivity contribution in [1.82, 2.24) is 14.8 Å². The Bertz CT molecular complexity index is 1240. The van der Waals surface area contributed by atoms with Crippen LogP contribution in [0.1, 0.15) is 104 Å². The highest BCUT2D eigenvalue weighted by Crippen LogP contribution is 2.29. The second-order valence-corrected chi connectivity index (χ2v) is 14.2. The number of carbonyl (C=O) groups is 2. The number of aliphatic hydroxyl groups excluding tert-OH is 1. The van der Waals surface area contributed by atoms with Crippen molar-refractivity contribution in [3.05, 3.63) is 66.0 Å². The van der Waals surface area contributed by atoms with Crippen LogP contribution in [0.15, 0.2) is 60.3 Å². The summed E-state index contributed by atoms with van der Waals surface area (Å²) in [4.78, 5) is 35.1. The van der Waals surface area contributed by atoms with Crippen LogP contribution in [0.3, 0.4) is 0 Å². The summed E-state index contributed by atoms with van der Waals surface area (Å²) in [5, 5.41) is 22.2. The zero-order chi connectivity index (χ0) is 34.0. The molecule has 1 saturated heterocycles. The highest BCUT2D eigenvalue weighted by molar-refractivity contribution is 5.70. The second kappa shape index (κ2) is 17.4. The predicted octanol–water partition coefficient (Wildman–Crippen LogP) is 6.32. The number of ether oxygens (including phenoxy) is 2. The van der Waals surface area contributed by atoms with Crippen molar-refractivity contribution in [2.75, 3.05) is 19.6 Å². The van der Waals surface area contributed by atoms with Crippen molar-refractivity contribution in [3.63, 3.8) is 0 Å². The number of hydrogen-bond acceptors (Lipinski definition) is 8. The third kappa shape index (κ3) is 10.7. The molecule has 7 atom stereocenters. The van der Waals surface area contributed by atoms with E-state index in [0.29, 0.717) is 19.1 Å². The summed E-state index contributed by atoms with van der Waals surface area (Å²) >= 11 is 0. The predicted molar refractivity (Wildman–Crippen MR) is 184 cm³/mol. The van der Waals surface area contributed by atoms with Gasteiger partial charge < -0.3 is 24.6 Å². The summed E-state index contributed by atoms with van der Waals surface area (Å²) in [6.07, 6.45) is 16.0. The Hall–Kier alpha value is -3.01. The number of aliphatic hydroxyl groups is 2. The highest BCUT2D eigenvalue weighted by Gasteiger charge is 2.38. The maximum Gasteiger partial charge on any atom is 0.410 e. The number of rotatable bonds is 6. The van der Waals surface area contributed by atoms with E-state index in [4.69, 9.17) is 9.47 Å². The molecule has 4 rings (SSSR count). The lowest BCUT2D eigenvalue weighted by Crippen LogP contribution is -2.57. The van der Waals surface area contributed by atoms with E-state index < -0.39 is 36.0 Å². The number of carbonyl (C=O) groups excluding carboxylic acids is 2. The van der Waals surface area contributed by atoms with E-state index in [9.17, 15) is 19.8 Å². The minimum absolute atomic E-state index is 0.104. The number of pyridine rings is 1. The van der Waals surface area contributed by atoms with E-state index in [-0.39, 0.29) is 37.1 Å². The Balaban J connectivity index is 1.47. The first-order chi connectivity index (χ1) is 22.4. The summed E-state index contributed by atoms with van der Waals surface area (Å²) in [7, 11) is 0. The van der Waals surface area contributed by atoms with E-state index in [1.54, 1.807) is 24.1 Å². The molecular formula is C38H57N3O6. The average Bonchev–Trinajstić information content (AvgIpc) is 3.33. The molecule has 3 heterocycles. The van der Waals surface area contributed by atoms with Crippen molar-refractivity contribution in [2.45, 2.75) is 134 Å². The molecule has 1 aromatic rings. The van der Waals surface area contributed by atoms with E-state index in [2.05, 4.69) is 23.7 Å². The molecule has 260 valence electrons. The highest BCUT2D eigenvalue weighted by atomic mass is 16.6. The zero-order valence-corrected chi connectivity index (χ0v) is 29.1. The molecular weight excluding hydrogens is 594 g/mol. The van der Waals surface area contributed by atoms with Gasteiger partial charge in [-0.25, -0.2) is 4.79 Å². The molecule has 1 aromatic heterocycles. The maximum atomic E-state index is 13.5. The van der Waals surface area contributed by atoms with E-state index in [1.807, 2.05) is 56.4 Å². The fourth-order valence-electron chi connectivity index (χ4n) is 7.12. The number of piperazine rings is 1. The number of cyclic esters (lactones) is 1. The van der Waals surface area contributed by atoms with E-state index in [1.165, 1.54) is 38.5 Å². The summed E-state index contributed by atoms with van der Waals surface area (Å²) in [6.45, 7) is 11.7. The average molecular weight is 652 g/mol. The topological polar surface area (TPSA) is 112 Å². The Morgan fingerprint density at radius 2 is 1.87 bits per heavy atom. The van der Waals surface area contributed by atoms with Gasteiger partial charge in [-0.1, -0.05) is 69.9 Å². The van der Waals surface area contributed by atoms with Crippen LogP contribution >= 0.6 is 0 Å². The van der Waals surface area contributed by atoms with Crippen molar-refractivity contribution in [1.29, 1.82) is 0 Å². The molecule has 2 aliphatic heterocycles. The summed E-state index contributed by atoms with van der Waals surface area (Å²) < 4.78 is 11.9. The third-order valence-corrected chi connectivity index (χ3v) is 10.1. The number of aromatic nitrogens is 1. The number of nitrogens with zero attached hydrogens (tertiary/aromatic N) is 3. The smallest absolute Gasteiger partial charge is 0.410 e. The number of hydrogen-bond donors (Lipinski definition) is 2. The van der Waals surface area contributed by atoms with Crippen LogP contribution in [0.2, 0.25) is 0 Å². The summed E-state index contributed by atoms with van der Waals surface area (Å²) in [5.41, 5.74) is 0.336. The molecule has 1 aliphatic carbocycles. The molecule has 1 unspecified atom stereocenters. The van der Waals surface area contributed by atoms with Crippen LogP contribution in [-0.2, 0) is 14.3 Å². The minimum Gasteiger partial charge on any atom is -0.457 e. The van der Waals surface area contributed by atoms with Crippen LogP contribution in [-0.4, -0.2) is 92.7 Å². The molecule has 1 saturated carbocycles. The third-order valence-electron chi connectivity index (χ3n) is 10.1. The molecule has 3 aliphatic rings. The Morgan fingerprint density at radius 3 is 2.55 bits per heavy atom. The Labute approximate surface area is 281 Å². The molecule has 0 bridgehead atoms. The van der Waals surface area contributed by atoms with Crippen LogP contribution in [0.25, 0.3) is 0 Å². The van der Waals surface area contributed by atoms with Crippen LogP contribution < -0.4 is 0 Å². The first-order valence-electron chi connectivity index (χ1n) is 17.7. The molecule has 0 spiro atoms. The van der Waals surface area contributed by atoms with Gasteiger partial charge in [-0.15, -0.1) is 0 Å². The van der Waals surface area contributed by atoms with Crippen molar-refractivity contribution in [2.24, 2.45) is 5.92 Å². The van der Waals surface area contributed by atoms with Crippen LogP contribution in [0.5, 0.6) is 0 Å². The molecule has 9 heteroatoms. The normalized spacial score (nSPS) is 32.5. The molecule has 0 radical (unpaired) electrons. The number of amides is 1. The molecule has 2 N–H and O–H groups in total. The van der Waals surface area contributed by atoms with Crippen LogP contribution in [0.4, 0.5) is 4.79 Å². The van der Waals surface area contributed by atoms with E-state index >= 15 is 0 Å². The lowest BCUT2D eigenvalue weighted by Gasteiger charge is -2.44.